The lowest BCUT2D eigenvalue weighted by molar-refractivity contribution is -0.0461. The molecule has 0 aliphatic carbocycles. The molecule has 0 fully saturated rings. The molecule has 0 spiro atoms. The molecule has 0 aromatic carbocycles. The molecule has 0 unspecified atom stereocenters. The highest BCUT2D eigenvalue weighted by Gasteiger charge is 2.28. The fourth-order valence-electron chi connectivity index (χ4n) is 1.67. The molecule has 0 saturated heterocycles. The van der Waals surface area contributed by atoms with Gasteiger partial charge in [-0.2, -0.15) is 0 Å². The van der Waals surface area contributed by atoms with Crippen LogP contribution in [-0.2, 0) is 12.8 Å². The molecule has 1 rings (SSSR count). The zero-order chi connectivity index (χ0) is 14.5. The molecule has 1 heterocycles. The predicted molar refractivity (Wildman–Crippen MR) is 72.1 cm³/mol. The molecule has 19 heavy (non-hydrogen) atoms. The lowest BCUT2D eigenvalue weighted by Gasteiger charge is -2.13. The molecular weight excluding hydrogens is 272 g/mol. The minimum absolute atomic E-state index is 0.453. The van der Waals surface area contributed by atoms with Gasteiger partial charge in [0.25, 0.3) is 11.8 Å². The minimum atomic E-state index is -3.27. The molecule has 2 N–H and O–H groups in total. The summed E-state index contributed by atoms with van der Waals surface area (Å²) < 4.78 is 25.7. The first kappa shape index (κ1) is 16.0. The van der Waals surface area contributed by atoms with Crippen LogP contribution in [0.2, 0.25) is 0 Å². The van der Waals surface area contributed by atoms with E-state index in [0.29, 0.717) is 4.88 Å². The third-order valence-corrected chi connectivity index (χ3v) is 3.95. The van der Waals surface area contributed by atoms with Crippen molar-refractivity contribution < 1.29 is 18.7 Å². The number of nitrogens with one attached hydrogen (secondary N) is 1. The first-order valence-corrected chi connectivity index (χ1v) is 7.13. The second-order valence-electron chi connectivity index (χ2n) is 4.36. The number of halogens is 2. The van der Waals surface area contributed by atoms with E-state index in [1.807, 2.05) is 6.92 Å². The summed E-state index contributed by atoms with van der Waals surface area (Å²) in [5.41, 5.74) is 1.10. The summed E-state index contributed by atoms with van der Waals surface area (Å²) in [7, 11) is 0. The number of hydrogen-bond donors (Lipinski definition) is 2. The van der Waals surface area contributed by atoms with Gasteiger partial charge in [-0.25, -0.2) is 8.78 Å². The van der Waals surface area contributed by atoms with Crippen LogP contribution in [-0.4, -0.2) is 30.1 Å². The number of amides is 1. The van der Waals surface area contributed by atoms with Crippen LogP contribution in [0.5, 0.6) is 0 Å². The third kappa shape index (κ3) is 4.54. The smallest absolute Gasteiger partial charge is 0.287 e. The average Bonchev–Trinajstić information content (AvgIpc) is 2.80. The summed E-state index contributed by atoms with van der Waals surface area (Å²) in [5, 5.41) is 10.6. The monoisotopic (exact) mass is 291 g/mol. The number of aliphatic hydroxyl groups is 1. The summed E-state index contributed by atoms with van der Waals surface area (Å²) in [6.45, 7) is 1.95. The van der Waals surface area contributed by atoms with Crippen molar-refractivity contribution in [2.45, 2.75) is 39.0 Å². The first-order chi connectivity index (χ1) is 8.93. The van der Waals surface area contributed by atoms with E-state index in [1.54, 1.807) is 6.07 Å². The van der Waals surface area contributed by atoms with E-state index in [9.17, 15) is 13.6 Å². The molecule has 0 aliphatic heterocycles. The van der Waals surface area contributed by atoms with Gasteiger partial charge in [0.05, 0.1) is 11.4 Å². The van der Waals surface area contributed by atoms with Gasteiger partial charge in [-0.05, 0) is 24.5 Å². The van der Waals surface area contributed by atoms with Crippen molar-refractivity contribution in [1.29, 1.82) is 0 Å². The number of carbonyl (C=O) groups excluding carboxylic acids is 1. The fourth-order valence-corrected chi connectivity index (χ4v) is 2.94. The normalized spacial score (nSPS) is 11.6. The zero-order valence-corrected chi connectivity index (χ0v) is 11.9. The van der Waals surface area contributed by atoms with Crippen LogP contribution in [0, 0.1) is 0 Å². The van der Waals surface area contributed by atoms with Crippen molar-refractivity contribution in [3.63, 3.8) is 0 Å². The average molecular weight is 291 g/mol. The molecule has 1 aromatic rings. The molecule has 6 heteroatoms. The van der Waals surface area contributed by atoms with Gasteiger partial charge in [-0.15, -0.1) is 11.3 Å². The van der Waals surface area contributed by atoms with E-state index >= 15 is 0 Å². The Bertz CT molecular complexity index is 432. The Labute approximate surface area is 115 Å². The molecule has 108 valence electrons. The molecule has 1 amide bonds. The number of aliphatic hydroxyl groups excluding tert-OH is 1. The van der Waals surface area contributed by atoms with Gasteiger partial charge in [0.15, 0.2) is 0 Å². The molecule has 0 saturated carbocycles. The van der Waals surface area contributed by atoms with Crippen molar-refractivity contribution in [1.82, 2.24) is 5.32 Å². The molecular formula is C13H19F2NO2S. The molecule has 0 atom stereocenters. The highest BCUT2D eigenvalue weighted by atomic mass is 32.1. The fraction of sp³-hybridized carbons (Fsp3) is 0.615. The number of aryl methyl sites for hydroxylation is 2. The van der Waals surface area contributed by atoms with Gasteiger partial charge in [-0.3, -0.25) is 4.79 Å². The van der Waals surface area contributed by atoms with E-state index in [2.05, 4.69) is 12.2 Å². The summed E-state index contributed by atoms with van der Waals surface area (Å²) in [6.07, 6.45) is 2.71. The number of thiophene rings is 1. The number of carbonyl (C=O) groups is 1. The van der Waals surface area contributed by atoms with Crippen LogP contribution in [0.3, 0.4) is 0 Å². The maximum absolute atomic E-state index is 12.8. The maximum atomic E-state index is 12.8. The highest BCUT2D eigenvalue weighted by Crippen LogP contribution is 2.24. The lowest BCUT2D eigenvalue weighted by atomic mass is 10.1. The van der Waals surface area contributed by atoms with Crippen LogP contribution in [0.15, 0.2) is 6.07 Å². The Kier molecular flexibility index (Phi) is 5.87. The number of alkyl halides is 2. The second kappa shape index (κ2) is 6.96. The van der Waals surface area contributed by atoms with Gasteiger partial charge in [0, 0.05) is 4.88 Å². The summed E-state index contributed by atoms with van der Waals surface area (Å²) in [4.78, 5) is 13.4. The van der Waals surface area contributed by atoms with E-state index in [4.69, 9.17) is 5.11 Å². The van der Waals surface area contributed by atoms with Gasteiger partial charge in [0.1, 0.15) is 6.61 Å². The van der Waals surface area contributed by atoms with Gasteiger partial charge >= 0.3 is 0 Å². The van der Waals surface area contributed by atoms with E-state index < -0.39 is 25.0 Å². The SMILES string of the molecule is CCCc1sc(C(=O)NCC(F)(F)CO)cc1CC. The summed E-state index contributed by atoms with van der Waals surface area (Å²) in [5.74, 6) is -3.78. The van der Waals surface area contributed by atoms with Crippen LogP contribution in [0.25, 0.3) is 0 Å². The van der Waals surface area contributed by atoms with Crippen molar-refractivity contribution in [2.75, 3.05) is 13.2 Å². The number of hydrogen-bond acceptors (Lipinski definition) is 3. The Morgan fingerprint density at radius 2 is 2.16 bits per heavy atom. The quantitative estimate of drug-likeness (QED) is 0.811. The summed E-state index contributed by atoms with van der Waals surface area (Å²) in [6, 6.07) is 1.77. The van der Waals surface area contributed by atoms with Crippen molar-refractivity contribution in [2.24, 2.45) is 0 Å². The van der Waals surface area contributed by atoms with E-state index in [0.717, 1.165) is 29.7 Å². The van der Waals surface area contributed by atoms with E-state index in [-0.39, 0.29) is 0 Å². The molecule has 1 aromatic heterocycles. The molecule has 0 bridgehead atoms. The largest absolute Gasteiger partial charge is 0.390 e. The van der Waals surface area contributed by atoms with Crippen LogP contribution >= 0.6 is 11.3 Å². The molecule has 0 aliphatic rings. The van der Waals surface area contributed by atoms with Gasteiger partial charge in [0.2, 0.25) is 0 Å². The minimum Gasteiger partial charge on any atom is -0.390 e. The van der Waals surface area contributed by atoms with E-state index in [1.165, 1.54) is 11.3 Å². The molecule has 0 radical (unpaired) electrons. The highest BCUT2D eigenvalue weighted by molar-refractivity contribution is 7.14. The Morgan fingerprint density at radius 3 is 2.68 bits per heavy atom. The lowest BCUT2D eigenvalue weighted by Crippen LogP contribution is -2.38. The zero-order valence-electron chi connectivity index (χ0n) is 11.1. The second-order valence-corrected chi connectivity index (χ2v) is 5.50. The summed E-state index contributed by atoms with van der Waals surface area (Å²) >= 11 is 1.36. The Hall–Kier alpha value is -1.01. The van der Waals surface area contributed by atoms with Gasteiger partial charge < -0.3 is 10.4 Å². The first-order valence-electron chi connectivity index (χ1n) is 6.32. The van der Waals surface area contributed by atoms with Crippen LogP contribution in [0.4, 0.5) is 8.78 Å². The van der Waals surface area contributed by atoms with Crippen LogP contribution in [0.1, 0.15) is 40.4 Å². The standard InChI is InChI=1S/C13H19F2NO2S/c1-3-5-10-9(4-2)6-11(19-10)12(18)16-7-13(14,15)8-17/h6,17H,3-5,7-8H2,1-2H3,(H,16,18). The van der Waals surface area contributed by atoms with Crippen molar-refractivity contribution >= 4 is 17.2 Å². The van der Waals surface area contributed by atoms with Gasteiger partial charge in [-0.1, -0.05) is 20.3 Å². The maximum Gasteiger partial charge on any atom is 0.287 e. The van der Waals surface area contributed by atoms with Crippen LogP contribution < -0.4 is 5.32 Å². The van der Waals surface area contributed by atoms with Crippen molar-refractivity contribution in [3.8, 4) is 0 Å². The topological polar surface area (TPSA) is 49.3 Å². The Morgan fingerprint density at radius 1 is 1.47 bits per heavy atom. The Balaban J connectivity index is 2.72. The van der Waals surface area contributed by atoms with Crippen molar-refractivity contribution in [3.05, 3.63) is 21.4 Å². The number of rotatable bonds is 7. The third-order valence-electron chi connectivity index (χ3n) is 2.72. The molecule has 3 nitrogen and oxygen atoms in total. The predicted octanol–water partition coefficient (Wildman–Crippen LogP) is 2.62.